The second-order valence-electron chi connectivity index (χ2n) is 3.55. The van der Waals surface area contributed by atoms with Gasteiger partial charge in [-0.25, -0.2) is 20.8 Å². The first kappa shape index (κ1) is 11.4. The monoisotopic (exact) mass is 236 g/mol. The largest absolute Gasteiger partial charge is 0.353 e. The van der Waals surface area contributed by atoms with Crippen LogP contribution in [0, 0.1) is 0 Å². The molecule has 8 nitrogen and oxygen atoms in total. The lowest BCUT2D eigenvalue weighted by molar-refractivity contribution is 0.915. The molecule has 0 bridgehead atoms. The Morgan fingerprint density at radius 2 is 1.82 bits per heavy atom. The number of nitrogens with one attached hydrogen (secondary N) is 4. The highest BCUT2D eigenvalue weighted by Crippen LogP contribution is 1.82. The first-order chi connectivity index (χ1) is 8.34. The molecule has 0 radical (unpaired) electrons. The summed E-state index contributed by atoms with van der Waals surface area (Å²) in [5.74, 6) is 1.40. The average molecular weight is 236 g/mol. The Hall–Kier alpha value is -2.12. The van der Waals surface area contributed by atoms with Crippen molar-refractivity contribution in [2.45, 2.75) is 6.92 Å². The van der Waals surface area contributed by atoms with Crippen LogP contribution < -0.4 is 21.5 Å². The van der Waals surface area contributed by atoms with Crippen LogP contribution in [-0.4, -0.2) is 50.0 Å². The highest BCUT2D eigenvalue weighted by atomic mass is 15.4. The highest BCUT2D eigenvalue weighted by molar-refractivity contribution is 6.29. The molecule has 0 aromatic rings. The third-order valence-corrected chi connectivity index (χ3v) is 2.11. The maximum Gasteiger partial charge on any atom is 0.212 e. The van der Waals surface area contributed by atoms with Crippen molar-refractivity contribution in [2.75, 3.05) is 26.2 Å². The summed E-state index contributed by atoms with van der Waals surface area (Å²) in [5.41, 5.74) is 6.36. The number of rotatable bonds is 3. The lowest BCUT2D eigenvalue weighted by Gasteiger charge is -2.01. The van der Waals surface area contributed by atoms with Gasteiger partial charge in [0, 0.05) is 13.1 Å². The molecule has 0 saturated carbocycles. The summed E-state index contributed by atoms with van der Waals surface area (Å²) in [4.78, 5) is 8.29. The molecular weight excluding hydrogens is 220 g/mol. The molecule has 0 aromatic carbocycles. The van der Waals surface area contributed by atoms with Crippen molar-refractivity contribution >= 4 is 23.8 Å². The van der Waals surface area contributed by atoms with Crippen molar-refractivity contribution in [3.8, 4) is 0 Å². The SMILES string of the molecule is CC(C=NNC1=NCCN1)=NNC1=NCCN1. The molecule has 2 rings (SSSR count). The van der Waals surface area contributed by atoms with Crippen molar-refractivity contribution in [3.63, 3.8) is 0 Å². The molecule has 17 heavy (non-hydrogen) atoms. The molecule has 0 unspecified atom stereocenters. The van der Waals surface area contributed by atoms with Gasteiger partial charge in [0.25, 0.3) is 0 Å². The van der Waals surface area contributed by atoms with Crippen molar-refractivity contribution in [2.24, 2.45) is 20.2 Å². The molecule has 2 heterocycles. The Bertz CT molecular complexity index is 380. The van der Waals surface area contributed by atoms with Crippen LogP contribution in [-0.2, 0) is 0 Å². The van der Waals surface area contributed by atoms with Gasteiger partial charge in [-0.2, -0.15) is 10.2 Å². The summed E-state index contributed by atoms with van der Waals surface area (Å²) >= 11 is 0. The van der Waals surface area contributed by atoms with Gasteiger partial charge in [-0.15, -0.1) is 0 Å². The van der Waals surface area contributed by atoms with E-state index in [1.54, 1.807) is 6.21 Å². The third-order valence-electron chi connectivity index (χ3n) is 2.11. The minimum atomic E-state index is 0.698. The fraction of sp³-hybridized carbons (Fsp3) is 0.556. The predicted molar refractivity (Wildman–Crippen MR) is 68.5 cm³/mol. The second kappa shape index (κ2) is 5.83. The quantitative estimate of drug-likeness (QED) is 0.352. The lowest BCUT2D eigenvalue weighted by Crippen LogP contribution is -2.31. The number of hydrazone groups is 2. The van der Waals surface area contributed by atoms with Gasteiger partial charge in [-0.1, -0.05) is 0 Å². The van der Waals surface area contributed by atoms with E-state index in [0.717, 1.165) is 31.9 Å². The number of nitrogens with zero attached hydrogens (tertiary/aromatic N) is 4. The molecular formula is C9H16N8. The zero-order chi connectivity index (χ0) is 11.9. The van der Waals surface area contributed by atoms with Crippen molar-refractivity contribution in [1.82, 2.24) is 21.5 Å². The van der Waals surface area contributed by atoms with E-state index < -0.39 is 0 Å². The number of hydrogen-bond donors (Lipinski definition) is 4. The van der Waals surface area contributed by atoms with Gasteiger partial charge < -0.3 is 10.6 Å². The van der Waals surface area contributed by atoms with E-state index >= 15 is 0 Å². The van der Waals surface area contributed by atoms with Gasteiger partial charge in [0.05, 0.1) is 25.0 Å². The van der Waals surface area contributed by atoms with Crippen LogP contribution in [0.1, 0.15) is 6.92 Å². The van der Waals surface area contributed by atoms with Crippen LogP contribution in [0.4, 0.5) is 0 Å². The zero-order valence-electron chi connectivity index (χ0n) is 9.69. The van der Waals surface area contributed by atoms with Crippen molar-refractivity contribution in [1.29, 1.82) is 0 Å². The number of aliphatic imine (C=N–C) groups is 2. The standard InChI is InChI=1S/C9H16N8/c1-7(15-17-9-12-4-5-13-9)6-14-16-8-10-2-3-11-8/h6H,2-5H2,1H3,(H2,10,11,16)(H2,12,13,17). The zero-order valence-corrected chi connectivity index (χ0v) is 9.69. The molecule has 0 aromatic heterocycles. The van der Waals surface area contributed by atoms with Gasteiger partial charge in [0.2, 0.25) is 11.9 Å². The minimum absolute atomic E-state index is 0.698. The first-order valence-corrected chi connectivity index (χ1v) is 5.50. The van der Waals surface area contributed by atoms with Gasteiger partial charge in [0.15, 0.2) is 0 Å². The molecule has 4 N–H and O–H groups in total. The lowest BCUT2D eigenvalue weighted by atomic mass is 10.5. The van der Waals surface area contributed by atoms with Gasteiger partial charge in [-0.3, -0.25) is 0 Å². The Labute approximate surface area is 99.4 Å². The molecule has 0 saturated heterocycles. The van der Waals surface area contributed by atoms with Crippen LogP contribution in [0.5, 0.6) is 0 Å². The fourth-order valence-electron chi connectivity index (χ4n) is 1.30. The molecule has 0 spiro atoms. The Kier molecular flexibility index (Phi) is 3.90. The molecule has 0 amide bonds. The third kappa shape index (κ3) is 3.74. The van der Waals surface area contributed by atoms with Crippen LogP contribution >= 0.6 is 0 Å². The summed E-state index contributed by atoms with van der Waals surface area (Å²) < 4.78 is 0. The van der Waals surface area contributed by atoms with Crippen molar-refractivity contribution < 1.29 is 0 Å². The molecule has 8 heteroatoms. The summed E-state index contributed by atoms with van der Waals surface area (Å²) in [5, 5.41) is 14.2. The summed E-state index contributed by atoms with van der Waals surface area (Å²) in [7, 11) is 0. The topological polar surface area (TPSA) is 97.6 Å². The van der Waals surface area contributed by atoms with Crippen LogP contribution in [0.3, 0.4) is 0 Å². The Morgan fingerprint density at radius 3 is 2.41 bits per heavy atom. The van der Waals surface area contributed by atoms with E-state index in [9.17, 15) is 0 Å². The molecule has 0 aliphatic carbocycles. The number of guanidine groups is 2. The molecule has 2 aliphatic heterocycles. The maximum absolute atomic E-state index is 4.15. The van der Waals surface area contributed by atoms with E-state index in [2.05, 4.69) is 41.7 Å². The van der Waals surface area contributed by atoms with Crippen LogP contribution in [0.15, 0.2) is 20.2 Å². The highest BCUT2D eigenvalue weighted by Gasteiger charge is 2.02. The first-order valence-electron chi connectivity index (χ1n) is 5.50. The summed E-state index contributed by atoms with van der Waals surface area (Å²) in [6.07, 6.45) is 1.62. The summed E-state index contributed by atoms with van der Waals surface area (Å²) in [6, 6.07) is 0. The van der Waals surface area contributed by atoms with E-state index in [1.807, 2.05) is 6.92 Å². The normalized spacial score (nSPS) is 19.7. The Morgan fingerprint density at radius 1 is 1.18 bits per heavy atom. The second-order valence-corrected chi connectivity index (χ2v) is 3.55. The molecule has 92 valence electrons. The van der Waals surface area contributed by atoms with E-state index in [1.165, 1.54) is 0 Å². The molecule has 2 aliphatic rings. The molecule has 0 fully saturated rings. The average Bonchev–Trinajstić information content (AvgIpc) is 2.99. The van der Waals surface area contributed by atoms with Crippen molar-refractivity contribution in [3.05, 3.63) is 0 Å². The maximum atomic E-state index is 4.15. The van der Waals surface area contributed by atoms with E-state index in [4.69, 9.17) is 0 Å². The van der Waals surface area contributed by atoms with E-state index in [-0.39, 0.29) is 0 Å². The van der Waals surface area contributed by atoms with Gasteiger partial charge >= 0.3 is 0 Å². The van der Waals surface area contributed by atoms with Crippen LogP contribution in [0.25, 0.3) is 0 Å². The molecule has 0 atom stereocenters. The van der Waals surface area contributed by atoms with E-state index in [0.29, 0.717) is 11.9 Å². The Balaban J connectivity index is 1.73. The van der Waals surface area contributed by atoms with Crippen LogP contribution in [0.2, 0.25) is 0 Å². The van der Waals surface area contributed by atoms with Gasteiger partial charge in [-0.05, 0) is 6.92 Å². The van der Waals surface area contributed by atoms with Gasteiger partial charge in [0.1, 0.15) is 0 Å². The summed E-state index contributed by atoms with van der Waals surface area (Å²) in [6.45, 7) is 5.14. The smallest absolute Gasteiger partial charge is 0.212 e. The predicted octanol–water partition coefficient (Wildman–Crippen LogP) is -1.55. The minimum Gasteiger partial charge on any atom is -0.353 e. The fourth-order valence-corrected chi connectivity index (χ4v) is 1.30. The number of hydrogen-bond acceptors (Lipinski definition) is 8.